The van der Waals surface area contributed by atoms with Crippen LogP contribution in [0.2, 0.25) is 0 Å². The molecule has 2 aromatic carbocycles. The summed E-state index contributed by atoms with van der Waals surface area (Å²) in [5.74, 6) is -0.868. The second-order valence-corrected chi connectivity index (χ2v) is 5.45. The Balaban J connectivity index is 0.00000243. The molecule has 0 saturated carbocycles. The predicted octanol–water partition coefficient (Wildman–Crippen LogP) is 3.54. The molecular formula is C19H22N4O2. The Kier molecular flexibility index (Phi) is 4.52. The topological polar surface area (TPSA) is 98.0 Å². The lowest BCUT2D eigenvalue weighted by Crippen LogP contribution is -2.16. The average molecular weight is 338 g/mol. The summed E-state index contributed by atoms with van der Waals surface area (Å²) in [7, 11) is 0. The number of aromatic nitrogens is 2. The molecule has 0 radical (unpaired) electrons. The van der Waals surface area contributed by atoms with Crippen LogP contribution in [0, 0.1) is 6.92 Å². The van der Waals surface area contributed by atoms with Crippen LogP contribution in [-0.4, -0.2) is 21.8 Å². The van der Waals surface area contributed by atoms with Gasteiger partial charge in [0.2, 0.25) is 5.91 Å². The van der Waals surface area contributed by atoms with Gasteiger partial charge in [-0.25, -0.2) is 4.98 Å². The van der Waals surface area contributed by atoms with Crippen molar-refractivity contribution in [2.45, 2.75) is 6.92 Å². The second kappa shape index (κ2) is 6.92. The summed E-state index contributed by atoms with van der Waals surface area (Å²) in [6.45, 7) is 1.72. The molecule has 25 heavy (non-hydrogen) atoms. The van der Waals surface area contributed by atoms with Gasteiger partial charge >= 0.3 is 0 Å². The molecule has 0 bridgehead atoms. The number of primary amides is 1. The van der Waals surface area contributed by atoms with Crippen molar-refractivity contribution in [1.82, 2.24) is 9.97 Å². The number of hydrogen-bond acceptors (Lipinski definition) is 4. The highest BCUT2D eigenvalue weighted by Gasteiger charge is 2.14. The summed E-state index contributed by atoms with van der Waals surface area (Å²) in [6, 6.07) is 15.9. The van der Waals surface area contributed by atoms with Crippen LogP contribution in [0.4, 0.5) is 5.69 Å². The Labute approximate surface area is 149 Å². The summed E-state index contributed by atoms with van der Waals surface area (Å²) < 4.78 is 0. The molecule has 130 valence electrons. The molecule has 0 fully saturated rings. The van der Waals surface area contributed by atoms with Crippen molar-refractivity contribution in [2.24, 2.45) is 5.73 Å². The van der Waals surface area contributed by atoms with E-state index in [1.165, 1.54) is 0 Å². The molecule has 0 spiro atoms. The lowest BCUT2D eigenvalue weighted by atomic mass is 10.1. The van der Waals surface area contributed by atoms with E-state index in [1.54, 1.807) is 49.5 Å². The highest BCUT2D eigenvalue weighted by Crippen LogP contribution is 2.19. The van der Waals surface area contributed by atoms with Gasteiger partial charge in [0.05, 0.1) is 17.6 Å². The summed E-state index contributed by atoms with van der Waals surface area (Å²) in [4.78, 5) is 32.5. The average Bonchev–Trinajstić information content (AvgIpc) is 2.63. The zero-order chi connectivity index (χ0) is 17.8. The third-order valence-electron chi connectivity index (χ3n) is 3.65. The van der Waals surface area contributed by atoms with Gasteiger partial charge in [-0.3, -0.25) is 14.6 Å². The highest BCUT2D eigenvalue weighted by atomic mass is 16.2. The Hall–Kier alpha value is -3.54. The number of nitrogens with zero attached hydrogens (tertiary/aromatic N) is 2. The molecule has 0 aliphatic rings. The van der Waals surface area contributed by atoms with Gasteiger partial charge < -0.3 is 11.1 Å². The number of anilines is 1. The van der Waals surface area contributed by atoms with E-state index in [-0.39, 0.29) is 15.9 Å². The number of nitrogens with two attached hydrogens (primary N) is 1. The highest BCUT2D eigenvalue weighted by molar-refractivity contribution is 6.03. The third kappa shape index (κ3) is 3.69. The molecule has 1 aromatic heterocycles. The second-order valence-electron chi connectivity index (χ2n) is 5.45. The summed E-state index contributed by atoms with van der Waals surface area (Å²) in [6.07, 6.45) is 1.56. The molecular weight excluding hydrogens is 316 g/mol. The molecule has 3 aromatic rings. The van der Waals surface area contributed by atoms with E-state index in [4.69, 9.17) is 5.73 Å². The van der Waals surface area contributed by atoms with Crippen molar-refractivity contribution < 1.29 is 13.9 Å². The molecule has 2 amide bonds. The fourth-order valence-corrected chi connectivity index (χ4v) is 2.35. The van der Waals surface area contributed by atoms with Gasteiger partial charge in [0.25, 0.3) is 5.91 Å². The third-order valence-corrected chi connectivity index (χ3v) is 3.65. The van der Waals surface area contributed by atoms with Crippen LogP contribution in [0.3, 0.4) is 0 Å². The van der Waals surface area contributed by atoms with E-state index in [0.717, 1.165) is 0 Å². The molecule has 0 saturated heterocycles. The van der Waals surface area contributed by atoms with E-state index in [9.17, 15) is 9.59 Å². The molecule has 3 N–H and O–H groups in total. The Morgan fingerprint density at radius 3 is 2.56 bits per heavy atom. The molecule has 3 rings (SSSR count). The first-order chi connectivity index (χ1) is 12.0. The van der Waals surface area contributed by atoms with Crippen molar-refractivity contribution >= 4 is 17.5 Å². The van der Waals surface area contributed by atoms with Gasteiger partial charge in [0.1, 0.15) is 5.69 Å². The van der Waals surface area contributed by atoms with Gasteiger partial charge in [0, 0.05) is 21.1 Å². The van der Waals surface area contributed by atoms with Gasteiger partial charge in [0.15, 0.2) is 0 Å². The van der Waals surface area contributed by atoms with Crippen LogP contribution in [0.5, 0.6) is 0 Å². The maximum absolute atomic E-state index is 12.5. The number of carbonyl (C=O) groups excluding carboxylic acids is 2. The minimum absolute atomic E-state index is 0. The van der Waals surface area contributed by atoms with E-state index < -0.39 is 5.91 Å². The zero-order valence-electron chi connectivity index (χ0n) is 13.6. The fraction of sp³-hybridized carbons (Fsp3) is 0.0526. The smallest absolute Gasteiger partial charge is 0.276 e. The Morgan fingerprint density at radius 2 is 1.84 bits per heavy atom. The molecule has 0 aliphatic heterocycles. The normalized spacial score (nSPS) is 10.3. The SMILES string of the molecule is Cc1ncc(-c2cccc(C(N)=O)c2)nc1C(=O)Nc1ccccc1.[HH].[HH].[HH]. The van der Waals surface area contributed by atoms with Gasteiger partial charge in [-0.1, -0.05) is 30.3 Å². The summed E-state index contributed by atoms with van der Waals surface area (Å²) in [5.41, 5.74) is 8.26. The quantitative estimate of drug-likeness (QED) is 0.760. The van der Waals surface area contributed by atoms with Gasteiger partial charge in [-0.05, 0) is 31.2 Å². The number of para-hydroxylation sites is 1. The number of aryl methyl sites for hydroxylation is 1. The van der Waals surface area contributed by atoms with Crippen LogP contribution < -0.4 is 11.1 Å². The first-order valence-electron chi connectivity index (χ1n) is 7.65. The van der Waals surface area contributed by atoms with E-state index in [0.29, 0.717) is 28.2 Å². The monoisotopic (exact) mass is 338 g/mol. The number of carbonyl (C=O) groups is 2. The van der Waals surface area contributed by atoms with E-state index in [2.05, 4.69) is 15.3 Å². The van der Waals surface area contributed by atoms with Crippen molar-refractivity contribution in [3.8, 4) is 11.3 Å². The van der Waals surface area contributed by atoms with Crippen molar-refractivity contribution in [2.75, 3.05) is 5.32 Å². The number of amides is 2. The predicted molar refractivity (Wildman–Crippen MR) is 101 cm³/mol. The van der Waals surface area contributed by atoms with Gasteiger partial charge in [-0.15, -0.1) is 0 Å². The number of rotatable bonds is 4. The van der Waals surface area contributed by atoms with Gasteiger partial charge in [-0.2, -0.15) is 0 Å². The lowest BCUT2D eigenvalue weighted by Gasteiger charge is -2.09. The number of hydrogen-bond donors (Lipinski definition) is 2. The first-order valence-corrected chi connectivity index (χ1v) is 7.65. The molecule has 0 unspecified atom stereocenters. The molecule has 6 heteroatoms. The largest absolute Gasteiger partial charge is 0.366 e. The van der Waals surface area contributed by atoms with Crippen molar-refractivity contribution in [1.29, 1.82) is 0 Å². The zero-order valence-corrected chi connectivity index (χ0v) is 13.6. The standard InChI is InChI=1S/C19H16N4O2.3H2/c1-12-17(19(25)22-15-8-3-2-4-9-15)23-16(11-21-12)13-6-5-7-14(10-13)18(20)24;;;/h2-11H,1H3,(H2,20,24)(H,22,25);3*1H. The van der Waals surface area contributed by atoms with Crippen LogP contribution in [0.1, 0.15) is 30.8 Å². The maximum Gasteiger partial charge on any atom is 0.276 e. The van der Waals surface area contributed by atoms with E-state index >= 15 is 0 Å². The first kappa shape index (κ1) is 16.3. The maximum atomic E-state index is 12.5. The fourth-order valence-electron chi connectivity index (χ4n) is 2.35. The van der Waals surface area contributed by atoms with Crippen molar-refractivity contribution in [3.05, 3.63) is 77.7 Å². The Bertz CT molecular complexity index is 953. The lowest BCUT2D eigenvalue weighted by molar-refractivity contribution is 0.0996. The van der Waals surface area contributed by atoms with Crippen molar-refractivity contribution in [3.63, 3.8) is 0 Å². The Morgan fingerprint density at radius 1 is 1.08 bits per heavy atom. The van der Waals surface area contributed by atoms with Crippen LogP contribution >= 0.6 is 0 Å². The number of benzene rings is 2. The molecule has 1 heterocycles. The summed E-state index contributed by atoms with van der Waals surface area (Å²) >= 11 is 0. The van der Waals surface area contributed by atoms with E-state index in [1.807, 2.05) is 18.2 Å². The summed E-state index contributed by atoms with van der Waals surface area (Å²) in [5, 5.41) is 2.79. The molecule has 6 nitrogen and oxygen atoms in total. The molecule has 0 aliphatic carbocycles. The molecule has 0 atom stereocenters. The van der Waals surface area contributed by atoms with Crippen LogP contribution in [0.15, 0.2) is 60.8 Å². The minimum atomic E-state index is -0.524. The van der Waals surface area contributed by atoms with Crippen LogP contribution in [0.25, 0.3) is 11.3 Å². The minimum Gasteiger partial charge on any atom is -0.366 e. The number of nitrogens with one attached hydrogen (secondary N) is 1. The van der Waals surface area contributed by atoms with Crippen LogP contribution in [-0.2, 0) is 0 Å².